The largest absolute Gasteiger partial charge is 0.339 e. The van der Waals surface area contributed by atoms with E-state index in [2.05, 4.69) is 10.4 Å². The van der Waals surface area contributed by atoms with Crippen LogP contribution in [0.1, 0.15) is 19.3 Å². The predicted molar refractivity (Wildman–Crippen MR) is 107 cm³/mol. The summed E-state index contributed by atoms with van der Waals surface area (Å²) in [4.78, 5) is 44.5. The Balaban J connectivity index is 1.43. The highest BCUT2D eigenvalue weighted by Gasteiger charge is 2.41. The van der Waals surface area contributed by atoms with Gasteiger partial charge in [-0.05, 0) is 18.4 Å². The van der Waals surface area contributed by atoms with E-state index in [9.17, 15) is 14.4 Å². The normalized spacial score (nSPS) is 19.4. The van der Waals surface area contributed by atoms with Crippen LogP contribution >= 0.6 is 11.3 Å². The van der Waals surface area contributed by atoms with Gasteiger partial charge in [0.25, 0.3) is 5.56 Å². The summed E-state index contributed by atoms with van der Waals surface area (Å²) in [6, 6.07) is 9.92. The molecule has 5 rings (SSSR count). The Morgan fingerprint density at radius 3 is 2.71 bits per heavy atom. The maximum absolute atomic E-state index is 13.0. The van der Waals surface area contributed by atoms with Gasteiger partial charge in [0, 0.05) is 30.0 Å². The number of carbonyl (C=O) groups is 2. The molecule has 1 aromatic carbocycles. The minimum Gasteiger partial charge on any atom is -0.339 e. The van der Waals surface area contributed by atoms with Crippen LogP contribution in [0.2, 0.25) is 0 Å². The lowest BCUT2D eigenvalue weighted by Gasteiger charge is -2.15. The van der Waals surface area contributed by atoms with Crippen LogP contribution < -0.4 is 11.0 Å². The summed E-state index contributed by atoms with van der Waals surface area (Å²) in [5.41, 5.74) is 4.06. The van der Waals surface area contributed by atoms with E-state index in [0.717, 1.165) is 28.6 Å². The Bertz CT molecular complexity index is 1130. The number of rotatable bonds is 4. The summed E-state index contributed by atoms with van der Waals surface area (Å²) in [5.74, 6) is -0.740. The molecular formula is C20H18N4O3S. The Kier molecular flexibility index (Phi) is 4.01. The number of thiophene rings is 1. The van der Waals surface area contributed by atoms with E-state index in [4.69, 9.17) is 0 Å². The van der Waals surface area contributed by atoms with E-state index >= 15 is 0 Å². The van der Waals surface area contributed by atoms with Crippen molar-refractivity contribution >= 4 is 33.4 Å². The summed E-state index contributed by atoms with van der Waals surface area (Å²) in [7, 11) is 0. The molecule has 1 saturated carbocycles. The molecule has 0 spiro atoms. The van der Waals surface area contributed by atoms with Gasteiger partial charge in [0.2, 0.25) is 11.8 Å². The van der Waals surface area contributed by atoms with Crippen molar-refractivity contribution in [3.63, 3.8) is 0 Å². The molecule has 0 bridgehead atoms. The zero-order valence-electron chi connectivity index (χ0n) is 15.0. The molecule has 142 valence electrons. The number of carbonyl (C=O) groups excluding carboxylic acids is 2. The van der Waals surface area contributed by atoms with Gasteiger partial charge in [-0.1, -0.05) is 30.3 Å². The summed E-state index contributed by atoms with van der Waals surface area (Å²) in [5, 5.41) is 2.39. The van der Waals surface area contributed by atoms with Crippen molar-refractivity contribution in [3.8, 4) is 11.1 Å². The van der Waals surface area contributed by atoms with Gasteiger partial charge in [0.15, 0.2) is 0 Å². The zero-order valence-corrected chi connectivity index (χ0v) is 15.8. The molecule has 2 aliphatic rings. The zero-order chi connectivity index (χ0) is 19.3. The molecule has 0 radical (unpaired) electrons. The average molecular weight is 394 g/mol. The lowest BCUT2D eigenvalue weighted by molar-refractivity contribution is -0.128. The number of nitrogens with one attached hydrogen (secondary N) is 1. The molecule has 1 aliphatic carbocycles. The molecule has 8 heteroatoms. The van der Waals surface area contributed by atoms with Crippen LogP contribution in [-0.4, -0.2) is 39.0 Å². The highest BCUT2D eigenvalue weighted by atomic mass is 32.1. The van der Waals surface area contributed by atoms with Gasteiger partial charge in [0.1, 0.15) is 11.2 Å². The third-order valence-corrected chi connectivity index (χ3v) is 6.21. The summed E-state index contributed by atoms with van der Waals surface area (Å²) in [6.45, 7) is 0.424. The average Bonchev–Trinajstić information content (AvgIpc) is 3.33. The van der Waals surface area contributed by atoms with Gasteiger partial charge in [-0.3, -0.25) is 19.8 Å². The number of aromatic nitrogens is 2. The molecule has 1 aliphatic heterocycles. The summed E-state index contributed by atoms with van der Waals surface area (Å²) >= 11 is 1.40. The highest BCUT2D eigenvalue weighted by Crippen LogP contribution is 2.33. The van der Waals surface area contributed by atoms with Crippen molar-refractivity contribution < 1.29 is 9.59 Å². The molecule has 1 unspecified atom stereocenters. The van der Waals surface area contributed by atoms with Gasteiger partial charge in [0.05, 0.1) is 11.3 Å². The van der Waals surface area contributed by atoms with E-state index in [-0.39, 0.29) is 23.8 Å². The van der Waals surface area contributed by atoms with E-state index in [1.165, 1.54) is 17.7 Å². The van der Waals surface area contributed by atoms with Crippen LogP contribution in [0.25, 0.3) is 21.3 Å². The Labute approximate surface area is 164 Å². The minimum atomic E-state index is -0.438. The fraction of sp³-hybridized carbons (Fsp3) is 0.300. The number of benzene rings is 1. The van der Waals surface area contributed by atoms with Crippen LogP contribution in [-0.2, 0) is 9.59 Å². The molecule has 1 N–H and O–H groups in total. The standard InChI is InChI=1S/C20H18N4O3S/c25-16-8-13(9-23(16)14-6-7-14)18(26)22-24-11-21-19-17(20(24)27)15(10-28-19)12-4-2-1-3-5-12/h1-5,10-11,13-14H,6-9H2,(H,22,26). The molecule has 2 aromatic heterocycles. The van der Waals surface area contributed by atoms with Gasteiger partial charge >= 0.3 is 0 Å². The second-order valence-electron chi connectivity index (χ2n) is 7.27. The molecular weight excluding hydrogens is 376 g/mol. The highest BCUT2D eigenvalue weighted by molar-refractivity contribution is 7.17. The lowest BCUT2D eigenvalue weighted by atomic mass is 10.1. The van der Waals surface area contributed by atoms with Gasteiger partial charge < -0.3 is 4.90 Å². The molecule has 3 heterocycles. The Hall–Kier alpha value is -3.00. The Morgan fingerprint density at radius 2 is 1.96 bits per heavy atom. The minimum absolute atomic E-state index is 0.0211. The van der Waals surface area contributed by atoms with Gasteiger partial charge in [-0.15, -0.1) is 11.3 Å². The monoisotopic (exact) mass is 394 g/mol. The van der Waals surface area contributed by atoms with E-state index in [1.54, 1.807) is 4.90 Å². The SMILES string of the molecule is O=C(Nn1cnc2scc(-c3ccccc3)c2c1=O)C1CC(=O)N(C2CC2)C1. The van der Waals surface area contributed by atoms with Gasteiger partial charge in [-0.2, -0.15) is 0 Å². The van der Waals surface area contributed by atoms with Crippen LogP contribution in [0.3, 0.4) is 0 Å². The number of amides is 2. The molecule has 7 nitrogen and oxygen atoms in total. The van der Waals surface area contributed by atoms with Crippen molar-refractivity contribution in [1.29, 1.82) is 0 Å². The fourth-order valence-corrected chi connectivity index (χ4v) is 4.61. The smallest absolute Gasteiger partial charge is 0.281 e. The van der Waals surface area contributed by atoms with Crippen LogP contribution in [0, 0.1) is 5.92 Å². The maximum atomic E-state index is 13.0. The maximum Gasteiger partial charge on any atom is 0.281 e. The number of fused-ring (bicyclic) bond motifs is 1. The number of nitrogens with zero attached hydrogens (tertiary/aromatic N) is 3. The van der Waals surface area contributed by atoms with E-state index in [1.807, 2.05) is 35.7 Å². The van der Waals surface area contributed by atoms with E-state index < -0.39 is 5.92 Å². The first-order valence-corrected chi connectivity index (χ1v) is 10.1. The number of hydrogen-bond acceptors (Lipinski definition) is 5. The summed E-state index contributed by atoms with van der Waals surface area (Å²) in [6.07, 6.45) is 3.56. The van der Waals surface area contributed by atoms with Crippen molar-refractivity contribution in [2.45, 2.75) is 25.3 Å². The topological polar surface area (TPSA) is 84.3 Å². The first-order valence-electron chi connectivity index (χ1n) is 9.26. The molecule has 3 aromatic rings. The molecule has 2 amide bonds. The van der Waals surface area contributed by atoms with Crippen molar-refractivity contribution in [2.75, 3.05) is 12.0 Å². The summed E-state index contributed by atoms with van der Waals surface area (Å²) < 4.78 is 1.13. The van der Waals surface area contributed by atoms with Gasteiger partial charge in [-0.25, -0.2) is 9.66 Å². The first-order chi connectivity index (χ1) is 13.6. The quantitative estimate of drug-likeness (QED) is 0.735. The van der Waals surface area contributed by atoms with Crippen LogP contribution in [0.4, 0.5) is 0 Å². The number of hydrogen-bond donors (Lipinski definition) is 1. The Morgan fingerprint density at radius 1 is 1.18 bits per heavy atom. The van der Waals surface area contributed by atoms with Crippen molar-refractivity contribution in [3.05, 3.63) is 52.4 Å². The molecule has 1 atom stereocenters. The second-order valence-corrected chi connectivity index (χ2v) is 8.13. The molecule has 2 fully saturated rings. The third-order valence-electron chi connectivity index (χ3n) is 5.33. The fourth-order valence-electron chi connectivity index (χ4n) is 3.70. The molecule has 1 saturated heterocycles. The van der Waals surface area contributed by atoms with Crippen molar-refractivity contribution in [1.82, 2.24) is 14.6 Å². The second kappa shape index (κ2) is 6.56. The lowest BCUT2D eigenvalue weighted by Crippen LogP contribution is -2.37. The van der Waals surface area contributed by atoms with Crippen LogP contribution in [0.15, 0.2) is 46.8 Å². The third kappa shape index (κ3) is 2.90. The van der Waals surface area contributed by atoms with Crippen molar-refractivity contribution in [2.24, 2.45) is 5.92 Å². The number of likely N-dealkylation sites (tertiary alicyclic amines) is 1. The van der Waals surface area contributed by atoms with Crippen LogP contribution in [0.5, 0.6) is 0 Å². The van der Waals surface area contributed by atoms with E-state index in [0.29, 0.717) is 22.8 Å². The molecule has 28 heavy (non-hydrogen) atoms. The first kappa shape index (κ1) is 17.1. The predicted octanol–water partition coefficient (Wildman–Crippen LogP) is 2.21.